The Balaban J connectivity index is 1.55. The van der Waals surface area contributed by atoms with Gasteiger partial charge in [0.1, 0.15) is 23.6 Å². The molecule has 37 heavy (non-hydrogen) atoms. The lowest BCUT2D eigenvalue weighted by Gasteiger charge is -2.48. The number of fused-ring (bicyclic) bond motifs is 3. The van der Waals surface area contributed by atoms with Crippen molar-refractivity contribution in [1.29, 1.82) is 5.26 Å². The van der Waals surface area contributed by atoms with Gasteiger partial charge in [-0.2, -0.15) is 28.4 Å². The van der Waals surface area contributed by atoms with Crippen molar-refractivity contribution in [3.05, 3.63) is 35.9 Å². The Kier molecular flexibility index (Phi) is 6.40. The number of halogens is 3. The lowest BCUT2D eigenvalue weighted by atomic mass is 9.98. The number of pyridine rings is 1. The quantitative estimate of drug-likeness (QED) is 0.375. The molecular weight excluding hydrogens is 489 g/mol. The average Bonchev–Trinajstić information content (AvgIpc) is 3.58. The minimum absolute atomic E-state index is 0.0367. The fourth-order valence-electron chi connectivity index (χ4n) is 5.06. The first-order valence-electron chi connectivity index (χ1n) is 12.1. The first-order valence-corrected chi connectivity index (χ1v) is 12.1. The van der Waals surface area contributed by atoms with Gasteiger partial charge in [0.15, 0.2) is 5.82 Å². The zero-order valence-corrected chi connectivity index (χ0v) is 20.5. The third kappa shape index (κ3) is 4.33. The van der Waals surface area contributed by atoms with Crippen molar-refractivity contribution >= 4 is 22.6 Å². The highest BCUT2D eigenvalue weighted by Crippen LogP contribution is 2.36. The van der Waals surface area contributed by atoms with Gasteiger partial charge in [0.25, 0.3) is 11.6 Å². The van der Waals surface area contributed by atoms with Crippen LogP contribution < -0.4 is 4.90 Å². The number of alkyl halides is 3. The molecule has 5 rings (SSSR count). The highest BCUT2D eigenvalue weighted by Gasteiger charge is 2.42. The molecule has 0 N–H and O–H groups in total. The van der Waals surface area contributed by atoms with E-state index in [2.05, 4.69) is 41.2 Å². The molecule has 1 saturated heterocycles. The zero-order valence-electron chi connectivity index (χ0n) is 20.5. The second-order valence-corrected chi connectivity index (χ2v) is 8.96. The van der Waals surface area contributed by atoms with E-state index in [1.165, 1.54) is 0 Å². The average molecular weight is 515 g/mol. The largest absolute Gasteiger partial charge is 0.455 e. The van der Waals surface area contributed by atoms with Crippen LogP contribution in [0.25, 0.3) is 16.8 Å². The summed E-state index contributed by atoms with van der Waals surface area (Å²) in [4.78, 5) is 17.3. The topological polar surface area (TPSA) is 125 Å². The number of rotatable bonds is 6. The Morgan fingerprint density at radius 2 is 1.89 bits per heavy atom. The van der Waals surface area contributed by atoms with Gasteiger partial charge < -0.3 is 9.42 Å². The van der Waals surface area contributed by atoms with E-state index in [1.807, 2.05) is 20.8 Å². The molecule has 0 spiro atoms. The first-order chi connectivity index (χ1) is 17.8. The lowest BCUT2D eigenvalue weighted by molar-refractivity contribution is -0.146. The van der Waals surface area contributed by atoms with Crippen LogP contribution in [-0.4, -0.2) is 64.8 Å². The summed E-state index contributed by atoms with van der Waals surface area (Å²) >= 11 is 0. The van der Waals surface area contributed by atoms with Gasteiger partial charge in [-0.25, -0.2) is 4.98 Å². The number of nitrogens with zero attached hydrogens (tertiary/aromatic N) is 10. The highest BCUT2D eigenvalue weighted by molar-refractivity contribution is 5.88. The summed E-state index contributed by atoms with van der Waals surface area (Å²) in [6.45, 7) is 7.04. The van der Waals surface area contributed by atoms with Crippen LogP contribution in [0.15, 0.2) is 23.0 Å². The smallest absolute Gasteiger partial charge is 0.349 e. The van der Waals surface area contributed by atoms with E-state index in [-0.39, 0.29) is 23.7 Å². The van der Waals surface area contributed by atoms with Crippen molar-refractivity contribution in [2.24, 2.45) is 0 Å². The molecule has 4 aromatic heterocycles. The van der Waals surface area contributed by atoms with Gasteiger partial charge in [-0.05, 0) is 31.4 Å². The van der Waals surface area contributed by atoms with E-state index in [0.717, 1.165) is 18.4 Å². The molecule has 0 amide bonds. The molecule has 14 heteroatoms. The maximum Gasteiger partial charge on any atom is 0.455 e. The fraction of sp³-hybridized carbons (Fsp3) is 0.522. The summed E-state index contributed by atoms with van der Waals surface area (Å²) in [6, 6.07) is 4.98. The molecule has 194 valence electrons. The third-order valence-electron chi connectivity index (χ3n) is 6.92. The summed E-state index contributed by atoms with van der Waals surface area (Å²) in [5.41, 5.74) is 1.56. The Bertz CT molecular complexity index is 1460. The third-order valence-corrected chi connectivity index (χ3v) is 6.92. The fourth-order valence-corrected chi connectivity index (χ4v) is 5.06. The molecule has 0 aliphatic carbocycles. The maximum atomic E-state index is 13.1. The van der Waals surface area contributed by atoms with Gasteiger partial charge in [0.2, 0.25) is 5.89 Å². The molecular formula is C23H25F3N10O. The molecule has 5 heterocycles. The first kappa shape index (κ1) is 24.8. The van der Waals surface area contributed by atoms with E-state index in [9.17, 15) is 18.4 Å². The van der Waals surface area contributed by atoms with Crippen molar-refractivity contribution in [3.63, 3.8) is 0 Å². The number of hydrogen-bond acceptors (Lipinski definition) is 10. The Morgan fingerprint density at radius 3 is 2.54 bits per heavy atom. The second-order valence-electron chi connectivity index (χ2n) is 8.96. The number of hydrogen-bond donors (Lipinski definition) is 0. The van der Waals surface area contributed by atoms with E-state index < -0.39 is 18.0 Å². The molecule has 4 aromatic rings. The lowest BCUT2D eigenvalue weighted by Crippen LogP contribution is -2.59. The molecule has 0 saturated carbocycles. The summed E-state index contributed by atoms with van der Waals surface area (Å²) < 4.78 is 46.2. The predicted octanol–water partition coefficient (Wildman–Crippen LogP) is 3.78. The number of nitriles is 1. The molecule has 0 bridgehead atoms. The molecule has 11 nitrogen and oxygen atoms in total. The minimum Gasteiger partial charge on any atom is -0.349 e. The standard InChI is InChI=1S/C23H25F3N10O/c1-4-14-11-35(19-18-17(8-7-13(9-27)29-18)36-12-28-32-22(36)30-19)15(5-2)10-34(14)16(6-3)20-31-21(33-37-20)23(24,25)26/h7-8,12,14-16H,4-6,10-11H2,1-3H3/t14-,15+,16+/m1/s1. The van der Waals surface area contributed by atoms with E-state index in [4.69, 9.17) is 9.51 Å². The van der Waals surface area contributed by atoms with Crippen LogP contribution in [0.3, 0.4) is 0 Å². The van der Waals surface area contributed by atoms with Crippen molar-refractivity contribution < 1.29 is 17.7 Å². The van der Waals surface area contributed by atoms with Crippen molar-refractivity contribution in [2.45, 2.75) is 64.3 Å². The van der Waals surface area contributed by atoms with Crippen LogP contribution in [0.4, 0.5) is 19.0 Å². The monoisotopic (exact) mass is 514 g/mol. The van der Waals surface area contributed by atoms with Crippen molar-refractivity contribution in [2.75, 3.05) is 18.0 Å². The van der Waals surface area contributed by atoms with Crippen LogP contribution in [-0.2, 0) is 6.18 Å². The van der Waals surface area contributed by atoms with Crippen LogP contribution in [0.2, 0.25) is 0 Å². The summed E-state index contributed by atoms with van der Waals surface area (Å²) in [5, 5.41) is 20.7. The molecule has 0 unspecified atom stereocenters. The molecule has 3 atom stereocenters. The number of piperazine rings is 1. The minimum atomic E-state index is -4.67. The molecule has 1 fully saturated rings. The Morgan fingerprint density at radius 1 is 1.11 bits per heavy atom. The van der Waals surface area contributed by atoms with E-state index in [0.29, 0.717) is 36.6 Å². The van der Waals surface area contributed by atoms with Gasteiger partial charge in [-0.3, -0.25) is 9.30 Å². The van der Waals surface area contributed by atoms with Gasteiger partial charge in [-0.15, -0.1) is 10.2 Å². The molecule has 0 radical (unpaired) electrons. The number of aromatic nitrogens is 7. The Labute approximate surface area is 209 Å². The summed E-state index contributed by atoms with van der Waals surface area (Å²) in [7, 11) is 0. The van der Waals surface area contributed by atoms with Gasteiger partial charge in [0, 0.05) is 25.2 Å². The van der Waals surface area contributed by atoms with Gasteiger partial charge >= 0.3 is 6.18 Å². The van der Waals surface area contributed by atoms with Crippen LogP contribution >= 0.6 is 0 Å². The summed E-state index contributed by atoms with van der Waals surface area (Å²) in [6.07, 6.45) is -1.15. The normalized spacial score (nSPS) is 20.0. The van der Waals surface area contributed by atoms with Crippen molar-refractivity contribution in [1.82, 2.24) is 39.6 Å². The van der Waals surface area contributed by atoms with Crippen LogP contribution in [0, 0.1) is 11.3 Å². The van der Waals surface area contributed by atoms with Crippen LogP contribution in [0.5, 0.6) is 0 Å². The van der Waals surface area contributed by atoms with Crippen molar-refractivity contribution in [3.8, 4) is 6.07 Å². The zero-order chi connectivity index (χ0) is 26.3. The van der Waals surface area contributed by atoms with E-state index >= 15 is 0 Å². The van der Waals surface area contributed by atoms with Gasteiger partial charge in [0.05, 0.1) is 11.6 Å². The Hall–Kier alpha value is -3.86. The number of anilines is 1. The molecule has 1 aliphatic heterocycles. The van der Waals surface area contributed by atoms with Crippen LogP contribution in [0.1, 0.15) is 63.5 Å². The molecule has 0 aromatic carbocycles. The van der Waals surface area contributed by atoms with Gasteiger partial charge in [-0.1, -0.05) is 25.9 Å². The second kappa shape index (κ2) is 9.55. The maximum absolute atomic E-state index is 13.1. The molecule has 1 aliphatic rings. The van der Waals surface area contributed by atoms with E-state index in [1.54, 1.807) is 22.9 Å². The predicted molar refractivity (Wildman–Crippen MR) is 125 cm³/mol. The summed E-state index contributed by atoms with van der Waals surface area (Å²) in [5.74, 6) is -0.291. The SMILES string of the molecule is CC[C@H]1CN([C@@H](CC)c2nc(C(F)(F)F)no2)[C@H](CC)CN1c1nc2nncn2c2ccc(C#N)nc12. The highest BCUT2D eigenvalue weighted by atomic mass is 19.4.